The van der Waals surface area contributed by atoms with Crippen molar-refractivity contribution in [2.24, 2.45) is 5.92 Å². The van der Waals surface area contributed by atoms with Gasteiger partial charge in [-0.2, -0.15) is 0 Å². The number of hydrogen-bond acceptors (Lipinski definition) is 2. The van der Waals surface area contributed by atoms with E-state index in [1.54, 1.807) is 0 Å². The van der Waals surface area contributed by atoms with E-state index in [0.29, 0.717) is 18.0 Å². The number of nitrogens with one attached hydrogen (secondary N) is 1. The van der Waals surface area contributed by atoms with Crippen LogP contribution in [0.3, 0.4) is 0 Å². The molecule has 19 heavy (non-hydrogen) atoms. The minimum absolute atomic E-state index is 0.405. The molecule has 1 aromatic rings. The molecule has 2 unspecified atom stereocenters. The fourth-order valence-corrected chi connectivity index (χ4v) is 2.20. The van der Waals surface area contributed by atoms with Gasteiger partial charge in [0.1, 0.15) is 0 Å². The maximum absolute atomic E-state index is 5.90. The van der Waals surface area contributed by atoms with Crippen molar-refractivity contribution in [1.82, 2.24) is 5.32 Å². The Hall–Kier alpha value is -0.570. The fraction of sp³-hybridized carbons (Fsp3) is 0.625. The highest BCUT2D eigenvalue weighted by Crippen LogP contribution is 2.12. The van der Waals surface area contributed by atoms with Gasteiger partial charge in [0.2, 0.25) is 0 Å². The first-order valence-electron chi connectivity index (χ1n) is 7.11. The zero-order chi connectivity index (χ0) is 14.3. The first kappa shape index (κ1) is 16.5. The summed E-state index contributed by atoms with van der Waals surface area (Å²) in [6, 6.07) is 8.91. The van der Waals surface area contributed by atoms with Crippen molar-refractivity contribution >= 4 is 11.6 Å². The highest BCUT2D eigenvalue weighted by molar-refractivity contribution is 6.30. The monoisotopic (exact) mass is 283 g/mol. The second kappa shape index (κ2) is 8.57. The van der Waals surface area contributed by atoms with Gasteiger partial charge in [-0.3, -0.25) is 0 Å². The normalized spacial score (nSPS) is 14.6. The predicted octanol–water partition coefficient (Wildman–Crippen LogP) is 3.92. The van der Waals surface area contributed by atoms with Crippen molar-refractivity contribution in [1.29, 1.82) is 0 Å². The quantitative estimate of drug-likeness (QED) is 0.781. The van der Waals surface area contributed by atoms with E-state index < -0.39 is 0 Å². The summed E-state index contributed by atoms with van der Waals surface area (Å²) in [6.07, 6.45) is 1.01. The van der Waals surface area contributed by atoms with Gasteiger partial charge in [0.15, 0.2) is 0 Å². The molecule has 0 aliphatic carbocycles. The van der Waals surface area contributed by atoms with Gasteiger partial charge in [0.05, 0.1) is 6.61 Å². The molecule has 0 spiro atoms. The number of hydrogen-bond donors (Lipinski definition) is 1. The van der Waals surface area contributed by atoms with Crippen molar-refractivity contribution in [3.63, 3.8) is 0 Å². The van der Waals surface area contributed by atoms with Crippen LogP contribution in [0.15, 0.2) is 24.3 Å². The summed E-state index contributed by atoms with van der Waals surface area (Å²) in [7, 11) is 0. The van der Waals surface area contributed by atoms with Crippen molar-refractivity contribution in [2.45, 2.75) is 46.2 Å². The fourth-order valence-electron chi connectivity index (χ4n) is 2.08. The van der Waals surface area contributed by atoms with Crippen LogP contribution in [0, 0.1) is 5.92 Å². The van der Waals surface area contributed by atoms with E-state index >= 15 is 0 Å². The Morgan fingerprint density at radius 2 is 1.79 bits per heavy atom. The zero-order valence-corrected chi connectivity index (χ0v) is 13.2. The van der Waals surface area contributed by atoms with Crippen LogP contribution >= 0.6 is 11.6 Å². The minimum atomic E-state index is 0.405. The molecule has 0 aromatic heterocycles. The average molecular weight is 284 g/mol. The van der Waals surface area contributed by atoms with Crippen LogP contribution in [0.25, 0.3) is 0 Å². The van der Waals surface area contributed by atoms with E-state index in [2.05, 4.69) is 38.2 Å². The van der Waals surface area contributed by atoms with E-state index in [9.17, 15) is 0 Å². The summed E-state index contributed by atoms with van der Waals surface area (Å²) < 4.78 is 5.54. The minimum Gasteiger partial charge on any atom is -0.380 e. The predicted molar refractivity (Wildman–Crippen MR) is 82.9 cm³/mol. The molecule has 0 fully saturated rings. The SMILES string of the molecule is CCOCC(NC(C)Cc1ccc(Cl)cc1)C(C)C. The molecule has 2 atom stereocenters. The third kappa shape index (κ3) is 6.42. The van der Waals surface area contributed by atoms with Crippen molar-refractivity contribution in [3.8, 4) is 0 Å². The number of rotatable bonds is 8. The van der Waals surface area contributed by atoms with Crippen LogP contribution < -0.4 is 5.32 Å². The molecule has 0 bridgehead atoms. The lowest BCUT2D eigenvalue weighted by Crippen LogP contribution is -2.44. The van der Waals surface area contributed by atoms with E-state index in [1.165, 1.54) is 5.56 Å². The van der Waals surface area contributed by atoms with Crippen LogP contribution in [0.4, 0.5) is 0 Å². The first-order valence-corrected chi connectivity index (χ1v) is 7.49. The lowest BCUT2D eigenvalue weighted by atomic mass is 10.0. The molecule has 0 amide bonds. The molecule has 2 nitrogen and oxygen atoms in total. The summed E-state index contributed by atoms with van der Waals surface area (Å²) in [4.78, 5) is 0. The average Bonchev–Trinajstić information content (AvgIpc) is 2.37. The molecule has 3 heteroatoms. The number of halogens is 1. The van der Waals surface area contributed by atoms with Gasteiger partial charge in [-0.25, -0.2) is 0 Å². The zero-order valence-electron chi connectivity index (χ0n) is 12.4. The van der Waals surface area contributed by atoms with E-state index in [1.807, 2.05) is 19.1 Å². The molecule has 0 aliphatic rings. The largest absolute Gasteiger partial charge is 0.380 e. The summed E-state index contributed by atoms with van der Waals surface area (Å²) in [6.45, 7) is 10.3. The highest BCUT2D eigenvalue weighted by atomic mass is 35.5. The molecule has 0 saturated heterocycles. The van der Waals surface area contributed by atoms with Crippen molar-refractivity contribution < 1.29 is 4.74 Å². The third-order valence-corrected chi connectivity index (χ3v) is 3.51. The van der Waals surface area contributed by atoms with Gasteiger partial charge in [-0.05, 0) is 43.9 Å². The van der Waals surface area contributed by atoms with Crippen LogP contribution in [-0.2, 0) is 11.2 Å². The van der Waals surface area contributed by atoms with E-state index in [4.69, 9.17) is 16.3 Å². The smallest absolute Gasteiger partial charge is 0.0622 e. The molecular weight excluding hydrogens is 258 g/mol. The van der Waals surface area contributed by atoms with Gasteiger partial charge in [-0.1, -0.05) is 37.6 Å². The lowest BCUT2D eigenvalue weighted by molar-refractivity contribution is 0.104. The highest BCUT2D eigenvalue weighted by Gasteiger charge is 2.16. The Morgan fingerprint density at radius 1 is 1.16 bits per heavy atom. The van der Waals surface area contributed by atoms with E-state index in [-0.39, 0.29) is 0 Å². The van der Waals surface area contributed by atoms with Crippen molar-refractivity contribution in [2.75, 3.05) is 13.2 Å². The molecule has 1 aromatic carbocycles. The Morgan fingerprint density at radius 3 is 2.32 bits per heavy atom. The molecule has 0 saturated carbocycles. The van der Waals surface area contributed by atoms with Crippen LogP contribution in [0.5, 0.6) is 0 Å². The van der Waals surface area contributed by atoms with Gasteiger partial charge < -0.3 is 10.1 Å². The van der Waals surface area contributed by atoms with Gasteiger partial charge in [-0.15, -0.1) is 0 Å². The van der Waals surface area contributed by atoms with Crippen molar-refractivity contribution in [3.05, 3.63) is 34.9 Å². The Bertz CT molecular complexity index is 350. The molecule has 0 aliphatic heterocycles. The summed E-state index contributed by atoms with van der Waals surface area (Å²) in [5.41, 5.74) is 1.31. The van der Waals surface area contributed by atoms with Crippen LogP contribution in [0.2, 0.25) is 5.02 Å². The Kier molecular flexibility index (Phi) is 7.44. The van der Waals surface area contributed by atoms with Gasteiger partial charge in [0.25, 0.3) is 0 Å². The molecule has 0 radical (unpaired) electrons. The summed E-state index contributed by atoms with van der Waals surface area (Å²) in [5.74, 6) is 0.569. The molecule has 1 N–H and O–H groups in total. The van der Waals surface area contributed by atoms with Gasteiger partial charge in [0, 0.05) is 23.7 Å². The standard InChI is InChI=1S/C16H26ClNO/c1-5-19-11-16(12(2)3)18-13(4)10-14-6-8-15(17)9-7-14/h6-9,12-13,16,18H,5,10-11H2,1-4H3. The first-order chi connectivity index (χ1) is 9.02. The third-order valence-electron chi connectivity index (χ3n) is 3.26. The second-order valence-electron chi connectivity index (χ2n) is 5.41. The molecule has 1 rings (SSSR count). The summed E-state index contributed by atoms with van der Waals surface area (Å²) in [5, 5.41) is 4.45. The molecule has 108 valence electrons. The second-order valence-corrected chi connectivity index (χ2v) is 5.84. The van der Waals surface area contributed by atoms with Crippen LogP contribution in [-0.4, -0.2) is 25.3 Å². The van der Waals surface area contributed by atoms with E-state index in [0.717, 1.165) is 24.7 Å². The number of benzene rings is 1. The topological polar surface area (TPSA) is 21.3 Å². The maximum atomic E-state index is 5.90. The number of ether oxygens (including phenoxy) is 1. The Labute approximate surface area is 122 Å². The maximum Gasteiger partial charge on any atom is 0.0622 e. The molecular formula is C16H26ClNO. The Balaban J connectivity index is 2.47. The van der Waals surface area contributed by atoms with Gasteiger partial charge >= 0.3 is 0 Å². The lowest BCUT2D eigenvalue weighted by Gasteiger charge is -2.26. The van der Waals surface area contributed by atoms with Crippen LogP contribution in [0.1, 0.15) is 33.3 Å². The summed E-state index contributed by atoms with van der Waals surface area (Å²) >= 11 is 5.90. The molecule has 0 heterocycles.